The number of hydrogen-bond acceptors (Lipinski definition) is 6. The van der Waals surface area contributed by atoms with Crippen molar-refractivity contribution in [3.8, 4) is 0 Å². The summed E-state index contributed by atoms with van der Waals surface area (Å²) in [6.07, 6.45) is 37.4. The van der Waals surface area contributed by atoms with Gasteiger partial charge < -0.3 is 19.5 Å². The van der Waals surface area contributed by atoms with Crippen molar-refractivity contribution in [3.63, 3.8) is 0 Å². The van der Waals surface area contributed by atoms with E-state index in [9.17, 15) is 14.7 Å². The molecule has 6 nitrogen and oxygen atoms in total. The molecule has 1 N–H and O–H groups in total. The van der Waals surface area contributed by atoms with Gasteiger partial charge in [0.2, 0.25) is 0 Å². The minimum atomic E-state index is -0.428. The summed E-state index contributed by atoms with van der Waals surface area (Å²) in [7, 11) is 0. The van der Waals surface area contributed by atoms with Crippen molar-refractivity contribution in [1.82, 2.24) is 4.90 Å². The topological polar surface area (TPSA) is 76.1 Å². The van der Waals surface area contributed by atoms with Crippen LogP contribution in [0.15, 0.2) is 0 Å². The van der Waals surface area contributed by atoms with E-state index in [0.717, 1.165) is 90.3 Å². The van der Waals surface area contributed by atoms with Gasteiger partial charge in [0.15, 0.2) is 0 Å². The normalized spacial score (nSPS) is 11.9. The molecule has 0 atom stereocenters. The molecule has 52 heavy (non-hydrogen) atoms. The summed E-state index contributed by atoms with van der Waals surface area (Å²) in [5.74, 6) is -0.0172. The monoisotopic (exact) mass is 738 g/mol. The molecule has 0 aliphatic rings. The Morgan fingerprint density at radius 2 is 0.962 bits per heavy atom. The molecular weight excluding hydrogens is 647 g/mol. The smallest absolute Gasteiger partial charge is 0.311 e. The number of nitrogens with zero attached hydrogens (tertiary/aromatic N) is 1. The van der Waals surface area contributed by atoms with E-state index < -0.39 is 5.41 Å². The molecule has 310 valence electrons. The van der Waals surface area contributed by atoms with Gasteiger partial charge in [0, 0.05) is 13.0 Å². The largest absolute Gasteiger partial charge is 0.466 e. The van der Waals surface area contributed by atoms with Crippen molar-refractivity contribution in [2.24, 2.45) is 5.41 Å². The zero-order chi connectivity index (χ0) is 38.4. The Balaban J connectivity index is 4.16. The maximum atomic E-state index is 13.3. The number of rotatable bonds is 41. The molecule has 0 aromatic heterocycles. The first-order chi connectivity index (χ1) is 25.3. The summed E-state index contributed by atoms with van der Waals surface area (Å²) in [5.41, 5.74) is -0.428. The average molecular weight is 738 g/mol. The lowest BCUT2D eigenvalue weighted by Crippen LogP contribution is -2.31. The molecule has 0 fully saturated rings. The van der Waals surface area contributed by atoms with E-state index in [-0.39, 0.29) is 24.6 Å². The molecule has 0 amide bonds. The molecule has 0 radical (unpaired) electrons. The van der Waals surface area contributed by atoms with Crippen molar-refractivity contribution in [2.45, 2.75) is 246 Å². The van der Waals surface area contributed by atoms with E-state index in [1.165, 1.54) is 128 Å². The average Bonchev–Trinajstić information content (AvgIpc) is 3.12. The summed E-state index contributed by atoms with van der Waals surface area (Å²) in [6, 6.07) is 0. The van der Waals surface area contributed by atoms with E-state index in [1.54, 1.807) is 0 Å². The maximum absolute atomic E-state index is 13.3. The fourth-order valence-electron chi connectivity index (χ4n) is 7.16. The van der Waals surface area contributed by atoms with E-state index in [2.05, 4.69) is 39.5 Å². The van der Waals surface area contributed by atoms with E-state index in [4.69, 9.17) is 9.47 Å². The van der Waals surface area contributed by atoms with Gasteiger partial charge >= 0.3 is 11.9 Å². The number of carbonyl (C=O) groups is 2. The van der Waals surface area contributed by atoms with Crippen LogP contribution >= 0.6 is 0 Å². The van der Waals surface area contributed by atoms with Gasteiger partial charge in [0.05, 0.1) is 18.6 Å². The highest BCUT2D eigenvalue weighted by molar-refractivity contribution is 5.76. The molecule has 0 unspecified atom stereocenters. The second kappa shape index (κ2) is 38.1. The highest BCUT2D eigenvalue weighted by atomic mass is 16.5. The van der Waals surface area contributed by atoms with Gasteiger partial charge in [-0.3, -0.25) is 9.59 Å². The molecule has 0 aliphatic carbocycles. The van der Waals surface area contributed by atoms with Crippen LogP contribution in [0, 0.1) is 5.41 Å². The lowest BCUT2D eigenvalue weighted by molar-refractivity contribution is -0.161. The fraction of sp³-hybridized carbons (Fsp3) is 0.957. The molecule has 0 saturated carbocycles. The standard InChI is InChI=1S/C46H91NO5/c1-6-9-12-15-20-27-34-43(35-28-21-16-13-10-7-2)52-45(50)46(4,5)37-30-23-25-32-39-47(40-41-48)38-31-24-19-17-18-22-29-36-44(49)51-42-33-26-14-11-8-3/h43,48H,6-42H2,1-5H3. The quantitative estimate of drug-likeness (QED) is 0.0497. The van der Waals surface area contributed by atoms with E-state index >= 15 is 0 Å². The van der Waals surface area contributed by atoms with Crippen LogP contribution in [0.4, 0.5) is 0 Å². The number of unbranched alkanes of at least 4 members (excludes halogenated alkanes) is 23. The van der Waals surface area contributed by atoms with Crippen LogP contribution in [-0.4, -0.2) is 60.9 Å². The van der Waals surface area contributed by atoms with Gasteiger partial charge in [-0.2, -0.15) is 0 Å². The van der Waals surface area contributed by atoms with Crippen LogP contribution in [-0.2, 0) is 19.1 Å². The maximum Gasteiger partial charge on any atom is 0.311 e. The number of hydrogen-bond donors (Lipinski definition) is 1. The molecule has 0 aliphatic heterocycles. The Kier molecular flexibility index (Phi) is 37.3. The Hall–Kier alpha value is -1.14. The molecule has 0 rings (SSSR count). The highest BCUT2D eigenvalue weighted by Gasteiger charge is 2.30. The van der Waals surface area contributed by atoms with Gasteiger partial charge in [0.1, 0.15) is 6.10 Å². The van der Waals surface area contributed by atoms with E-state index in [1.807, 2.05) is 0 Å². The Morgan fingerprint density at radius 3 is 1.46 bits per heavy atom. The molecule has 6 heteroatoms. The van der Waals surface area contributed by atoms with Gasteiger partial charge in [-0.1, -0.05) is 162 Å². The summed E-state index contributed by atoms with van der Waals surface area (Å²) in [5, 5.41) is 9.60. The predicted octanol–water partition coefficient (Wildman–Crippen LogP) is 13.3. The highest BCUT2D eigenvalue weighted by Crippen LogP contribution is 2.28. The van der Waals surface area contributed by atoms with Gasteiger partial charge in [0.25, 0.3) is 0 Å². The number of esters is 2. The molecule has 0 heterocycles. The Labute approximate surface area is 324 Å². The molecule has 0 spiro atoms. The van der Waals surface area contributed by atoms with Crippen LogP contribution in [0.25, 0.3) is 0 Å². The van der Waals surface area contributed by atoms with Crippen molar-refractivity contribution in [1.29, 1.82) is 0 Å². The lowest BCUT2D eigenvalue weighted by atomic mass is 9.86. The van der Waals surface area contributed by atoms with Crippen LogP contribution in [0.3, 0.4) is 0 Å². The second-order valence-electron chi connectivity index (χ2n) is 16.6. The van der Waals surface area contributed by atoms with Crippen molar-refractivity contribution in [3.05, 3.63) is 0 Å². The molecular formula is C46H91NO5. The number of carbonyl (C=O) groups excluding carboxylic acids is 2. The zero-order valence-corrected chi connectivity index (χ0v) is 35.8. The number of ether oxygens (including phenoxy) is 2. The van der Waals surface area contributed by atoms with Gasteiger partial charge in [-0.05, 0) is 84.7 Å². The number of aliphatic hydroxyl groups excluding tert-OH is 1. The number of aliphatic hydroxyl groups is 1. The first-order valence-corrected chi connectivity index (χ1v) is 23.0. The lowest BCUT2D eigenvalue weighted by Gasteiger charge is -2.27. The minimum Gasteiger partial charge on any atom is -0.466 e. The van der Waals surface area contributed by atoms with Gasteiger partial charge in [-0.15, -0.1) is 0 Å². The SMILES string of the molecule is CCCCCCCCC(CCCCCCCC)OC(=O)C(C)(C)CCCCCCN(CCO)CCCCCCCCCC(=O)OCCCCCCC. The van der Waals surface area contributed by atoms with Crippen LogP contribution in [0.1, 0.15) is 240 Å². The summed E-state index contributed by atoms with van der Waals surface area (Å²) in [4.78, 5) is 27.6. The Bertz CT molecular complexity index is 756. The molecule has 0 aromatic carbocycles. The second-order valence-corrected chi connectivity index (χ2v) is 16.6. The van der Waals surface area contributed by atoms with Crippen LogP contribution in [0.5, 0.6) is 0 Å². The first-order valence-electron chi connectivity index (χ1n) is 23.0. The Morgan fingerprint density at radius 1 is 0.538 bits per heavy atom. The third-order valence-corrected chi connectivity index (χ3v) is 10.9. The summed E-state index contributed by atoms with van der Waals surface area (Å²) < 4.78 is 11.6. The van der Waals surface area contributed by atoms with Crippen LogP contribution < -0.4 is 0 Å². The van der Waals surface area contributed by atoms with Crippen molar-refractivity contribution < 1.29 is 24.2 Å². The molecule has 0 saturated heterocycles. The van der Waals surface area contributed by atoms with Crippen LogP contribution in [0.2, 0.25) is 0 Å². The summed E-state index contributed by atoms with van der Waals surface area (Å²) >= 11 is 0. The molecule has 0 aromatic rings. The summed E-state index contributed by atoms with van der Waals surface area (Å²) in [6.45, 7) is 14.6. The molecule has 0 bridgehead atoms. The first kappa shape index (κ1) is 50.9. The fourth-order valence-corrected chi connectivity index (χ4v) is 7.16. The zero-order valence-electron chi connectivity index (χ0n) is 35.8. The van der Waals surface area contributed by atoms with Crippen molar-refractivity contribution in [2.75, 3.05) is 32.8 Å². The van der Waals surface area contributed by atoms with Gasteiger partial charge in [-0.25, -0.2) is 0 Å². The third kappa shape index (κ3) is 33.4. The third-order valence-electron chi connectivity index (χ3n) is 10.9. The van der Waals surface area contributed by atoms with Crippen molar-refractivity contribution >= 4 is 11.9 Å². The minimum absolute atomic E-state index is 0.00657. The van der Waals surface area contributed by atoms with E-state index in [0.29, 0.717) is 13.0 Å². The predicted molar refractivity (Wildman–Crippen MR) is 223 cm³/mol.